The van der Waals surface area contributed by atoms with Gasteiger partial charge in [-0.2, -0.15) is 9.52 Å². The van der Waals surface area contributed by atoms with E-state index >= 15 is 0 Å². The Kier molecular flexibility index (Phi) is 3.64. The molecule has 0 aliphatic carbocycles. The van der Waals surface area contributed by atoms with Gasteiger partial charge in [0.15, 0.2) is 11.5 Å². The highest BCUT2D eigenvalue weighted by Gasteiger charge is 2.35. The van der Waals surface area contributed by atoms with Gasteiger partial charge in [0.25, 0.3) is 0 Å². The SMILES string of the molecule is CS(=O)(=O)N1N=C(c2cccc(F)c2)C[C@@H]1c1ccc2c(c1)OCO2. The lowest BCUT2D eigenvalue weighted by molar-refractivity contribution is 0.174. The summed E-state index contributed by atoms with van der Waals surface area (Å²) < 4.78 is 49.6. The number of fused-ring (bicyclic) bond motifs is 1. The molecular weight excluding hydrogens is 347 g/mol. The molecule has 0 N–H and O–H groups in total. The molecular formula is C17H15FN2O4S. The molecule has 0 saturated heterocycles. The number of hydrogen-bond donors (Lipinski definition) is 0. The largest absolute Gasteiger partial charge is 0.454 e. The maximum atomic E-state index is 13.5. The van der Waals surface area contributed by atoms with E-state index in [1.807, 2.05) is 0 Å². The van der Waals surface area contributed by atoms with Gasteiger partial charge in [0.05, 0.1) is 18.0 Å². The number of rotatable bonds is 3. The third kappa shape index (κ3) is 2.93. The molecule has 2 aliphatic rings. The van der Waals surface area contributed by atoms with E-state index in [4.69, 9.17) is 9.47 Å². The summed E-state index contributed by atoms with van der Waals surface area (Å²) >= 11 is 0. The zero-order valence-electron chi connectivity index (χ0n) is 13.3. The second-order valence-corrected chi connectivity index (χ2v) is 7.77. The first-order chi connectivity index (χ1) is 11.9. The second kappa shape index (κ2) is 5.73. The van der Waals surface area contributed by atoms with Gasteiger partial charge in [0.1, 0.15) is 5.82 Å². The zero-order chi connectivity index (χ0) is 17.6. The normalized spacial score (nSPS) is 19.2. The Hall–Kier alpha value is -2.61. The van der Waals surface area contributed by atoms with Crippen LogP contribution in [0.2, 0.25) is 0 Å². The van der Waals surface area contributed by atoms with Crippen LogP contribution < -0.4 is 9.47 Å². The summed E-state index contributed by atoms with van der Waals surface area (Å²) in [6, 6.07) is 10.8. The van der Waals surface area contributed by atoms with Crippen LogP contribution in [0.5, 0.6) is 11.5 Å². The molecule has 0 unspecified atom stereocenters. The van der Waals surface area contributed by atoms with Gasteiger partial charge in [0, 0.05) is 12.0 Å². The Morgan fingerprint density at radius 2 is 1.96 bits per heavy atom. The molecule has 2 aromatic carbocycles. The molecule has 1 atom stereocenters. The predicted molar refractivity (Wildman–Crippen MR) is 89.5 cm³/mol. The van der Waals surface area contributed by atoms with E-state index in [1.165, 1.54) is 12.1 Å². The molecule has 8 heteroatoms. The molecule has 0 fully saturated rings. The van der Waals surface area contributed by atoms with E-state index < -0.39 is 21.9 Å². The Balaban J connectivity index is 1.73. The van der Waals surface area contributed by atoms with Crippen LogP contribution in [-0.2, 0) is 10.0 Å². The summed E-state index contributed by atoms with van der Waals surface area (Å²) in [5.41, 5.74) is 1.83. The Morgan fingerprint density at radius 1 is 1.16 bits per heavy atom. The summed E-state index contributed by atoms with van der Waals surface area (Å²) in [7, 11) is -3.58. The molecule has 6 nitrogen and oxygen atoms in total. The maximum Gasteiger partial charge on any atom is 0.247 e. The standard InChI is InChI=1S/C17H15FN2O4S/c1-25(21,22)20-15(12-5-6-16-17(8-12)24-10-23-16)9-14(19-20)11-3-2-4-13(18)7-11/h2-8,15H,9-10H2,1H3/t15-/m1/s1. The molecule has 25 heavy (non-hydrogen) atoms. The summed E-state index contributed by atoms with van der Waals surface area (Å²) in [5.74, 6) is 0.807. The van der Waals surface area contributed by atoms with Gasteiger partial charge in [-0.1, -0.05) is 18.2 Å². The highest BCUT2D eigenvalue weighted by molar-refractivity contribution is 7.88. The third-order valence-corrected chi connectivity index (χ3v) is 5.17. The summed E-state index contributed by atoms with van der Waals surface area (Å²) in [4.78, 5) is 0. The van der Waals surface area contributed by atoms with Crippen LogP contribution >= 0.6 is 0 Å². The monoisotopic (exact) mass is 362 g/mol. The van der Waals surface area contributed by atoms with Crippen LogP contribution in [-0.4, -0.2) is 31.6 Å². The molecule has 2 aliphatic heterocycles. The predicted octanol–water partition coefficient (Wildman–Crippen LogP) is 2.67. The lowest BCUT2D eigenvalue weighted by Gasteiger charge is -2.21. The number of benzene rings is 2. The first kappa shape index (κ1) is 15.9. The average Bonchev–Trinajstić information content (AvgIpc) is 3.20. The fourth-order valence-corrected chi connectivity index (χ4v) is 3.91. The molecule has 0 radical (unpaired) electrons. The summed E-state index contributed by atoms with van der Waals surface area (Å²) in [5, 5.41) is 4.25. The van der Waals surface area contributed by atoms with Crippen LogP contribution in [0, 0.1) is 5.82 Å². The average molecular weight is 362 g/mol. The smallest absolute Gasteiger partial charge is 0.247 e. The molecule has 4 rings (SSSR count). The number of halogens is 1. The number of hydrogen-bond acceptors (Lipinski definition) is 5. The first-order valence-electron chi connectivity index (χ1n) is 7.64. The third-order valence-electron chi connectivity index (χ3n) is 4.15. The van der Waals surface area contributed by atoms with Gasteiger partial charge in [0.2, 0.25) is 16.8 Å². The van der Waals surface area contributed by atoms with Crippen LogP contribution in [0.25, 0.3) is 0 Å². The van der Waals surface area contributed by atoms with E-state index in [0.717, 1.165) is 16.2 Å². The van der Waals surface area contributed by atoms with Crippen molar-refractivity contribution in [1.29, 1.82) is 0 Å². The maximum absolute atomic E-state index is 13.5. The van der Waals surface area contributed by atoms with Gasteiger partial charge < -0.3 is 9.47 Å². The molecule has 0 amide bonds. The van der Waals surface area contributed by atoms with E-state index in [9.17, 15) is 12.8 Å². The molecule has 2 aromatic rings. The highest BCUT2D eigenvalue weighted by atomic mass is 32.2. The fraction of sp³-hybridized carbons (Fsp3) is 0.235. The number of ether oxygens (including phenoxy) is 2. The summed E-state index contributed by atoms with van der Waals surface area (Å²) in [6.07, 6.45) is 1.45. The van der Waals surface area contributed by atoms with Gasteiger partial charge in [-0.15, -0.1) is 0 Å². The van der Waals surface area contributed by atoms with E-state index in [-0.39, 0.29) is 6.79 Å². The van der Waals surface area contributed by atoms with Crippen LogP contribution in [0.3, 0.4) is 0 Å². The minimum Gasteiger partial charge on any atom is -0.454 e. The van der Waals surface area contributed by atoms with Crippen molar-refractivity contribution in [1.82, 2.24) is 4.41 Å². The molecule has 0 bridgehead atoms. The van der Waals surface area contributed by atoms with Crippen LogP contribution in [0.1, 0.15) is 23.6 Å². The Morgan fingerprint density at radius 3 is 2.72 bits per heavy atom. The highest BCUT2D eigenvalue weighted by Crippen LogP contribution is 2.40. The van der Waals surface area contributed by atoms with Gasteiger partial charge in [-0.3, -0.25) is 0 Å². The van der Waals surface area contributed by atoms with Crippen molar-refractivity contribution in [2.24, 2.45) is 5.10 Å². The number of sulfonamides is 1. The molecule has 130 valence electrons. The van der Waals surface area contributed by atoms with Crippen LogP contribution in [0.15, 0.2) is 47.6 Å². The second-order valence-electron chi connectivity index (χ2n) is 5.93. The minimum absolute atomic E-state index is 0.143. The number of nitrogens with zero attached hydrogens (tertiary/aromatic N) is 2. The van der Waals surface area contributed by atoms with Crippen molar-refractivity contribution >= 4 is 15.7 Å². The quantitative estimate of drug-likeness (QED) is 0.842. The van der Waals surface area contributed by atoms with Crippen molar-refractivity contribution < 1.29 is 22.3 Å². The molecule has 0 aromatic heterocycles. The topological polar surface area (TPSA) is 68.2 Å². The van der Waals surface area contributed by atoms with Gasteiger partial charge in [-0.25, -0.2) is 12.8 Å². The van der Waals surface area contributed by atoms with E-state index in [1.54, 1.807) is 30.3 Å². The summed E-state index contributed by atoms with van der Waals surface area (Å²) in [6.45, 7) is 0.143. The van der Waals surface area contributed by atoms with Gasteiger partial charge in [-0.05, 0) is 29.8 Å². The fourth-order valence-electron chi connectivity index (χ4n) is 3.01. The van der Waals surface area contributed by atoms with Crippen molar-refractivity contribution in [2.75, 3.05) is 13.0 Å². The van der Waals surface area contributed by atoms with Crippen molar-refractivity contribution in [2.45, 2.75) is 12.5 Å². The van der Waals surface area contributed by atoms with Crippen molar-refractivity contribution in [3.05, 3.63) is 59.4 Å². The van der Waals surface area contributed by atoms with Crippen molar-refractivity contribution in [3.8, 4) is 11.5 Å². The zero-order valence-corrected chi connectivity index (χ0v) is 14.2. The minimum atomic E-state index is -3.58. The Labute approximate surface area is 144 Å². The Bertz CT molecular complexity index is 974. The van der Waals surface area contributed by atoms with Crippen molar-refractivity contribution in [3.63, 3.8) is 0 Å². The lowest BCUT2D eigenvalue weighted by atomic mass is 9.99. The van der Waals surface area contributed by atoms with Crippen LogP contribution in [0.4, 0.5) is 4.39 Å². The molecule has 0 spiro atoms. The molecule has 2 heterocycles. The lowest BCUT2D eigenvalue weighted by Crippen LogP contribution is -2.25. The van der Waals surface area contributed by atoms with Gasteiger partial charge >= 0.3 is 0 Å². The van der Waals surface area contributed by atoms with E-state index in [0.29, 0.717) is 29.2 Å². The number of hydrazone groups is 1. The van der Waals surface area contributed by atoms with E-state index in [2.05, 4.69) is 5.10 Å². The molecule has 0 saturated carbocycles. The first-order valence-corrected chi connectivity index (χ1v) is 9.49.